The van der Waals surface area contributed by atoms with Crippen LogP contribution in [-0.2, 0) is 12.6 Å². The van der Waals surface area contributed by atoms with Crippen LogP contribution in [0.4, 0.5) is 30.8 Å². The van der Waals surface area contributed by atoms with Crippen molar-refractivity contribution in [1.29, 1.82) is 0 Å². The number of hydrogen-bond acceptors (Lipinski definition) is 7. The summed E-state index contributed by atoms with van der Waals surface area (Å²) in [5.74, 6) is 0.371. The summed E-state index contributed by atoms with van der Waals surface area (Å²) in [5.41, 5.74) is 0.538. The molecule has 2 heterocycles. The predicted molar refractivity (Wildman–Crippen MR) is 112 cm³/mol. The molecule has 164 valence electrons. The highest BCUT2D eigenvalue weighted by Crippen LogP contribution is 2.29. The summed E-state index contributed by atoms with van der Waals surface area (Å²) in [6.45, 7) is 5.47. The van der Waals surface area contributed by atoms with Gasteiger partial charge in [0.15, 0.2) is 5.82 Å². The third kappa shape index (κ3) is 6.35. The zero-order valence-corrected chi connectivity index (χ0v) is 17.3. The fraction of sp³-hybridized carbons (Fsp3) is 0.333. The molecule has 3 N–H and O–H groups in total. The Hall–Kier alpha value is -3.27. The molecule has 0 fully saturated rings. The standard InChI is InChI=1S/C21H23F3N6O/c1-12(2)25-19-28-18(16-8-5-9-17(27-16)21(22,23)24)29-20(30-19)26-15-7-4-6-14(11-15)10-13(3)31/h4-9,11-13,31H,10H2,1-3H3,(H2,25,26,28,29,30). The van der Waals surface area contributed by atoms with E-state index in [1.165, 1.54) is 12.1 Å². The largest absolute Gasteiger partial charge is 0.433 e. The second-order valence-electron chi connectivity index (χ2n) is 7.39. The van der Waals surface area contributed by atoms with E-state index in [0.29, 0.717) is 12.1 Å². The maximum Gasteiger partial charge on any atom is 0.433 e. The van der Waals surface area contributed by atoms with Gasteiger partial charge < -0.3 is 15.7 Å². The lowest BCUT2D eigenvalue weighted by Crippen LogP contribution is -2.15. The molecule has 10 heteroatoms. The SMILES string of the molecule is CC(O)Cc1cccc(Nc2nc(NC(C)C)nc(-c3cccc(C(F)(F)F)n3)n2)c1. The average Bonchev–Trinajstić information content (AvgIpc) is 2.66. The number of rotatable bonds is 7. The van der Waals surface area contributed by atoms with Gasteiger partial charge in [-0.3, -0.25) is 0 Å². The van der Waals surface area contributed by atoms with Gasteiger partial charge in [-0.1, -0.05) is 18.2 Å². The summed E-state index contributed by atoms with van der Waals surface area (Å²) in [6.07, 6.45) is -4.59. The highest BCUT2D eigenvalue weighted by Gasteiger charge is 2.32. The van der Waals surface area contributed by atoms with E-state index < -0.39 is 18.0 Å². The van der Waals surface area contributed by atoms with Crippen LogP contribution < -0.4 is 10.6 Å². The van der Waals surface area contributed by atoms with Crippen molar-refractivity contribution in [2.45, 2.75) is 45.5 Å². The fourth-order valence-electron chi connectivity index (χ4n) is 2.83. The van der Waals surface area contributed by atoms with Gasteiger partial charge in [0.05, 0.1) is 6.10 Å². The van der Waals surface area contributed by atoms with Crippen LogP contribution in [0.3, 0.4) is 0 Å². The number of nitrogens with one attached hydrogen (secondary N) is 2. The zero-order chi connectivity index (χ0) is 22.6. The van der Waals surface area contributed by atoms with Gasteiger partial charge in [0, 0.05) is 11.7 Å². The fourth-order valence-corrected chi connectivity index (χ4v) is 2.83. The molecule has 0 spiro atoms. The van der Waals surface area contributed by atoms with E-state index in [4.69, 9.17) is 0 Å². The lowest BCUT2D eigenvalue weighted by atomic mass is 10.1. The van der Waals surface area contributed by atoms with Gasteiger partial charge in [0.25, 0.3) is 0 Å². The normalized spacial score (nSPS) is 12.6. The van der Waals surface area contributed by atoms with Gasteiger partial charge in [-0.2, -0.15) is 28.1 Å². The van der Waals surface area contributed by atoms with Crippen molar-refractivity contribution in [3.05, 3.63) is 53.7 Å². The van der Waals surface area contributed by atoms with E-state index in [-0.39, 0.29) is 29.5 Å². The summed E-state index contributed by atoms with van der Waals surface area (Å²) in [6, 6.07) is 10.9. The number of aromatic nitrogens is 4. The minimum absolute atomic E-state index is 0.00638. The van der Waals surface area contributed by atoms with E-state index in [9.17, 15) is 18.3 Å². The highest BCUT2D eigenvalue weighted by atomic mass is 19.4. The molecule has 0 amide bonds. The van der Waals surface area contributed by atoms with Crippen molar-refractivity contribution in [2.75, 3.05) is 10.6 Å². The summed E-state index contributed by atoms with van der Waals surface area (Å²) in [7, 11) is 0. The molecule has 2 aromatic heterocycles. The van der Waals surface area contributed by atoms with E-state index in [1.54, 1.807) is 13.0 Å². The van der Waals surface area contributed by atoms with Gasteiger partial charge in [-0.15, -0.1) is 0 Å². The van der Waals surface area contributed by atoms with Crippen LogP contribution in [0.15, 0.2) is 42.5 Å². The van der Waals surface area contributed by atoms with Crippen LogP contribution in [0.1, 0.15) is 32.0 Å². The minimum atomic E-state index is -4.58. The van der Waals surface area contributed by atoms with Crippen LogP contribution in [0.25, 0.3) is 11.5 Å². The molecule has 1 unspecified atom stereocenters. The molecule has 0 aliphatic rings. The molecule has 0 saturated heterocycles. The maximum absolute atomic E-state index is 13.1. The number of anilines is 3. The van der Waals surface area contributed by atoms with Crippen molar-refractivity contribution in [3.8, 4) is 11.5 Å². The number of halogens is 3. The van der Waals surface area contributed by atoms with E-state index >= 15 is 0 Å². The van der Waals surface area contributed by atoms with Crippen LogP contribution in [-0.4, -0.2) is 37.2 Å². The van der Waals surface area contributed by atoms with E-state index in [2.05, 4.69) is 30.6 Å². The molecular formula is C21H23F3N6O. The molecule has 31 heavy (non-hydrogen) atoms. The van der Waals surface area contributed by atoms with Crippen LogP contribution >= 0.6 is 0 Å². The highest BCUT2D eigenvalue weighted by molar-refractivity contribution is 5.59. The molecule has 1 atom stereocenters. The van der Waals surface area contributed by atoms with Crippen LogP contribution in [0, 0.1) is 0 Å². The zero-order valence-electron chi connectivity index (χ0n) is 17.3. The molecule has 0 aliphatic heterocycles. The minimum Gasteiger partial charge on any atom is -0.393 e. The van der Waals surface area contributed by atoms with Crippen molar-refractivity contribution in [1.82, 2.24) is 19.9 Å². The van der Waals surface area contributed by atoms with Gasteiger partial charge in [0.2, 0.25) is 11.9 Å². The summed E-state index contributed by atoms with van der Waals surface area (Å²) in [4.78, 5) is 16.5. The first-order chi connectivity index (χ1) is 14.6. The van der Waals surface area contributed by atoms with Gasteiger partial charge in [-0.25, -0.2) is 4.98 Å². The first-order valence-electron chi connectivity index (χ1n) is 9.71. The molecule has 0 bridgehead atoms. The lowest BCUT2D eigenvalue weighted by Gasteiger charge is -2.13. The second kappa shape index (κ2) is 9.25. The Kier molecular flexibility index (Phi) is 6.69. The van der Waals surface area contributed by atoms with Crippen molar-refractivity contribution < 1.29 is 18.3 Å². The molecule has 3 rings (SSSR count). The quantitative estimate of drug-likeness (QED) is 0.508. The third-order valence-electron chi connectivity index (χ3n) is 4.04. The number of aliphatic hydroxyl groups excluding tert-OH is 1. The summed E-state index contributed by atoms with van der Waals surface area (Å²) >= 11 is 0. The maximum atomic E-state index is 13.1. The summed E-state index contributed by atoms with van der Waals surface area (Å²) in [5, 5.41) is 15.7. The Morgan fingerprint density at radius 1 is 0.935 bits per heavy atom. The molecule has 3 aromatic rings. The third-order valence-corrected chi connectivity index (χ3v) is 4.04. The van der Waals surface area contributed by atoms with Crippen molar-refractivity contribution >= 4 is 17.6 Å². The molecule has 0 radical (unpaired) electrons. The lowest BCUT2D eigenvalue weighted by molar-refractivity contribution is -0.141. The molecule has 1 aromatic carbocycles. The molecule has 0 saturated carbocycles. The van der Waals surface area contributed by atoms with Gasteiger partial charge in [0.1, 0.15) is 11.4 Å². The number of alkyl halides is 3. The first kappa shape index (κ1) is 22.4. The average molecular weight is 432 g/mol. The Bertz CT molecular complexity index is 1040. The number of hydrogen-bond donors (Lipinski definition) is 3. The first-order valence-corrected chi connectivity index (χ1v) is 9.71. The Morgan fingerprint density at radius 2 is 1.65 bits per heavy atom. The predicted octanol–water partition coefficient (Wildman–Crippen LogP) is 4.44. The smallest absolute Gasteiger partial charge is 0.393 e. The summed E-state index contributed by atoms with van der Waals surface area (Å²) < 4.78 is 39.2. The Morgan fingerprint density at radius 3 is 2.32 bits per heavy atom. The Balaban J connectivity index is 1.98. The van der Waals surface area contributed by atoms with Crippen LogP contribution in [0.5, 0.6) is 0 Å². The van der Waals surface area contributed by atoms with E-state index in [1.807, 2.05) is 32.0 Å². The van der Waals surface area contributed by atoms with Gasteiger partial charge in [-0.05, 0) is 57.0 Å². The number of nitrogens with zero attached hydrogens (tertiary/aromatic N) is 4. The molecule has 7 nitrogen and oxygen atoms in total. The van der Waals surface area contributed by atoms with Crippen LogP contribution in [0.2, 0.25) is 0 Å². The molecule has 0 aliphatic carbocycles. The van der Waals surface area contributed by atoms with Crippen molar-refractivity contribution in [3.63, 3.8) is 0 Å². The monoisotopic (exact) mass is 432 g/mol. The topological polar surface area (TPSA) is 95.8 Å². The second-order valence-corrected chi connectivity index (χ2v) is 7.39. The molecular weight excluding hydrogens is 409 g/mol. The number of aliphatic hydroxyl groups is 1. The Labute approximate surface area is 177 Å². The van der Waals surface area contributed by atoms with Crippen molar-refractivity contribution in [2.24, 2.45) is 0 Å². The number of pyridine rings is 1. The van der Waals surface area contributed by atoms with E-state index in [0.717, 1.165) is 11.6 Å². The number of benzene rings is 1. The van der Waals surface area contributed by atoms with Gasteiger partial charge >= 0.3 is 6.18 Å².